The zero-order valence-corrected chi connectivity index (χ0v) is 14.6. The maximum absolute atomic E-state index is 11.6. The fraction of sp³-hybridized carbons (Fsp3) is 0.733. The molecule has 0 radical (unpaired) electrons. The summed E-state index contributed by atoms with van der Waals surface area (Å²) in [5.41, 5.74) is 1.47. The number of hydrogen-bond acceptors (Lipinski definition) is 5. The molecule has 0 aliphatic rings. The second-order valence-electron chi connectivity index (χ2n) is 6.36. The number of amides is 1. The average Bonchev–Trinajstić information content (AvgIpc) is 2.65. The zero-order valence-electron chi connectivity index (χ0n) is 14.6. The van der Waals surface area contributed by atoms with E-state index in [1.165, 1.54) is 0 Å². The minimum absolute atomic E-state index is 0.0943. The number of nitrogens with zero attached hydrogens (tertiary/aromatic N) is 2. The third-order valence-corrected chi connectivity index (χ3v) is 3.06. The van der Waals surface area contributed by atoms with Crippen molar-refractivity contribution in [1.29, 1.82) is 0 Å². The first kappa shape index (κ1) is 18.3. The second kappa shape index (κ2) is 7.49. The average molecular weight is 312 g/mol. The Morgan fingerprint density at radius 1 is 1.41 bits per heavy atom. The molecule has 2 N–H and O–H groups in total. The van der Waals surface area contributed by atoms with Crippen molar-refractivity contribution in [3.63, 3.8) is 0 Å². The highest BCUT2D eigenvalue weighted by atomic mass is 16.6. The van der Waals surface area contributed by atoms with Crippen LogP contribution in [-0.4, -0.2) is 41.2 Å². The molecule has 0 aliphatic heterocycles. The van der Waals surface area contributed by atoms with Gasteiger partial charge in [0, 0.05) is 26.2 Å². The molecule has 0 aromatic carbocycles. The summed E-state index contributed by atoms with van der Waals surface area (Å²) in [5.74, 6) is 0.748. The number of hydrogen-bond donors (Lipinski definition) is 2. The van der Waals surface area contributed by atoms with Gasteiger partial charge < -0.3 is 20.1 Å². The largest absolute Gasteiger partial charge is 0.481 e. The number of aryl methyl sites for hydroxylation is 2. The van der Waals surface area contributed by atoms with Crippen LogP contribution in [0.4, 0.5) is 4.79 Å². The summed E-state index contributed by atoms with van der Waals surface area (Å²) < 4.78 is 12.3. The molecule has 1 aromatic rings. The molecule has 1 heterocycles. The zero-order chi connectivity index (χ0) is 16.9. The lowest BCUT2D eigenvalue weighted by molar-refractivity contribution is 0.0523. The van der Waals surface area contributed by atoms with Gasteiger partial charge in [-0.05, 0) is 34.6 Å². The molecule has 0 aliphatic carbocycles. The minimum Gasteiger partial charge on any atom is -0.481 e. The van der Waals surface area contributed by atoms with E-state index in [-0.39, 0.29) is 6.04 Å². The first-order valence-electron chi connectivity index (χ1n) is 7.40. The van der Waals surface area contributed by atoms with Crippen molar-refractivity contribution in [3.05, 3.63) is 11.3 Å². The first-order valence-corrected chi connectivity index (χ1v) is 7.40. The molecule has 126 valence electrons. The summed E-state index contributed by atoms with van der Waals surface area (Å²) in [5, 5.41) is 10.4. The van der Waals surface area contributed by atoms with Crippen molar-refractivity contribution in [1.82, 2.24) is 20.4 Å². The van der Waals surface area contributed by atoms with E-state index in [9.17, 15) is 4.79 Å². The second-order valence-corrected chi connectivity index (χ2v) is 6.36. The number of carbonyl (C=O) groups excluding carboxylic acids is 1. The Kier molecular flexibility index (Phi) is 6.22. The van der Waals surface area contributed by atoms with Crippen LogP contribution in [0.1, 0.15) is 39.0 Å². The Labute approximate surface area is 132 Å². The summed E-state index contributed by atoms with van der Waals surface area (Å²) in [7, 11) is 3.48. The molecule has 0 spiro atoms. The third kappa shape index (κ3) is 5.55. The van der Waals surface area contributed by atoms with Gasteiger partial charge in [-0.15, -0.1) is 0 Å². The number of alkyl carbamates (subject to hydrolysis) is 1. The molecule has 0 bridgehead atoms. The van der Waals surface area contributed by atoms with E-state index in [2.05, 4.69) is 15.7 Å². The van der Waals surface area contributed by atoms with E-state index in [0.717, 1.165) is 17.1 Å². The van der Waals surface area contributed by atoms with Crippen LogP contribution < -0.4 is 15.4 Å². The smallest absolute Gasteiger partial charge is 0.407 e. The molecule has 7 heteroatoms. The maximum atomic E-state index is 11.6. The molecule has 1 amide bonds. The highest BCUT2D eigenvalue weighted by Gasteiger charge is 2.17. The van der Waals surface area contributed by atoms with Crippen molar-refractivity contribution < 1.29 is 14.3 Å². The first-order chi connectivity index (χ1) is 10.1. The fourth-order valence-corrected chi connectivity index (χ4v) is 2.04. The van der Waals surface area contributed by atoms with Gasteiger partial charge in [0.05, 0.1) is 18.4 Å². The van der Waals surface area contributed by atoms with E-state index >= 15 is 0 Å². The van der Waals surface area contributed by atoms with E-state index in [4.69, 9.17) is 9.47 Å². The molecule has 1 atom stereocenters. The van der Waals surface area contributed by atoms with E-state index < -0.39 is 11.7 Å². The van der Waals surface area contributed by atoms with Crippen LogP contribution in [0.3, 0.4) is 0 Å². The quantitative estimate of drug-likeness (QED) is 0.836. The molecule has 1 rings (SSSR count). The Bertz CT molecular complexity index is 506. The van der Waals surface area contributed by atoms with Crippen molar-refractivity contribution >= 4 is 6.09 Å². The summed E-state index contributed by atoms with van der Waals surface area (Å²) in [4.78, 5) is 11.6. The van der Waals surface area contributed by atoms with Gasteiger partial charge in [0.15, 0.2) is 0 Å². The third-order valence-electron chi connectivity index (χ3n) is 3.06. The lowest BCUT2D eigenvalue weighted by atomic mass is 10.2. The number of carbonyl (C=O) groups is 1. The summed E-state index contributed by atoms with van der Waals surface area (Å²) in [6, 6.07) is 0.0943. The molecular weight excluding hydrogens is 284 g/mol. The van der Waals surface area contributed by atoms with Crippen LogP contribution in [0.5, 0.6) is 5.88 Å². The number of ether oxygens (including phenoxy) is 2. The van der Waals surface area contributed by atoms with Crippen LogP contribution >= 0.6 is 0 Å². The fourth-order valence-electron chi connectivity index (χ4n) is 2.04. The molecular formula is C15H28N4O3. The molecule has 22 heavy (non-hydrogen) atoms. The summed E-state index contributed by atoms with van der Waals surface area (Å²) in [6.07, 6.45) is -0.406. The van der Waals surface area contributed by atoms with Gasteiger partial charge in [0.25, 0.3) is 0 Å². The van der Waals surface area contributed by atoms with E-state index in [0.29, 0.717) is 13.1 Å². The Balaban J connectivity index is 2.44. The molecule has 1 unspecified atom stereocenters. The summed E-state index contributed by atoms with van der Waals surface area (Å²) >= 11 is 0. The van der Waals surface area contributed by atoms with Gasteiger partial charge in [-0.1, -0.05) is 0 Å². The van der Waals surface area contributed by atoms with E-state index in [1.54, 1.807) is 11.8 Å². The van der Waals surface area contributed by atoms with Crippen molar-refractivity contribution in [2.24, 2.45) is 7.05 Å². The molecule has 0 saturated heterocycles. The minimum atomic E-state index is -0.485. The van der Waals surface area contributed by atoms with Crippen molar-refractivity contribution in [3.8, 4) is 5.88 Å². The highest BCUT2D eigenvalue weighted by Crippen LogP contribution is 2.20. The van der Waals surface area contributed by atoms with Crippen LogP contribution in [0, 0.1) is 6.92 Å². The van der Waals surface area contributed by atoms with E-state index in [1.807, 2.05) is 41.7 Å². The van der Waals surface area contributed by atoms with Crippen LogP contribution in [0.25, 0.3) is 0 Å². The number of aromatic nitrogens is 2. The lowest BCUT2D eigenvalue weighted by Crippen LogP contribution is -2.41. The maximum Gasteiger partial charge on any atom is 0.407 e. The van der Waals surface area contributed by atoms with Gasteiger partial charge in [0.2, 0.25) is 5.88 Å². The van der Waals surface area contributed by atoms with Crippen molar-refractivity contribution in [2.45, 2.75) is 52.8 Å². The normalized spacial score (nSPS) is 12.9. The van der Waals surface area contributed by atoms with Crippen LogP contribution in [0.2, 0.25) is 0 Å². The van der Waals surface area contributed by atoms with Crippen LogP contribution in [-0.2, 0) is 18.3 Å². The van der Waals surface area contributed by atoms with Gasteiger partial charge in [-0.3, -0.25) is 0 Å². The summed E-state index contributed by atoms with van der Waals surface area (Å²) in [6.45, 7) is 10.6. The predicted octanol–water partition coefficient (Wildman–Crippen LogP) is 1.74. The number of rotatable bonds is 6. The van der Waals surface area contributed by atoms with Gasteiger partial charge >= 0.3 is 6.09 Å². The Morgan fingerprint density at radius 3 is 2.59 bits per heavy atom. The molecule has 7 nitrogen and oxygen atoms in total. The van der Waals surface area contributed by atoms with Gasteiger partial charge in [-0.25, -0.2) is 9.48 Å². The van der Waals surface area contributed by atoms with Gasteiger partial charge in [-0.2, -0.15) is 5.10 Å². The Morgan fingerprint density at radius 2 is 2.05 bits per heavy atom. The monoisotopic (exact) mass is 312 g/mol. The standard InChI is InChI=1S/C15H28N4O3/c1-10(8-17-14(20)22-15(3,4)5)16-9-12-11(2)18-19(6)13(12)21-7/h10,16H,8-9H2,1-7H3,(H,17,20). The van der Waals surface area contributed by atoms with Crippen LogP contribution in [0.15, 0.2) is 0 Å². The van der Waals surface area contributed by atoms with Crippen molar-refractivity contribution in [2.75, 3.05) is 13.7 Å². The Hall–Kier alpha value is -1.76. The highest BCUT2D eigenvalue weighted by molar-refractivity contribution is 5.67. The number of methoxy groups -OCH3 is 1. The molecule has 0 saturated carbocycles. The number of nitrogens with one attached hydrogen (secondary N) is 2. The lowest BCUT2D eigenvalue weighted by Gasteiger charge is -2.21. The van der Waals surface area contributed by atoms with Gasteiger partial charge in [0.1, 0.15) is 5.60 Å². The molecule has 0 fully saturated rings. The SMILES string of the molecule is COc1c(CNC(C)CNC(=O)OC(C)(C)C)c(C)nn1C. The predicted molar refractivity (Wildman–Crippen MR) is 85.0 cm³/mol. The molecule has 1 aromatic heterocycles. The topological polar surface area (TPSA) is 77.4 Å².